The minimum absolute atomic E-state index is 0.0184. The number of aryl methyl sites for hydroxylation is 1. The molecule has 2 amide bonds. The Morgan fingerprint density at radius 2 is 2.11 bits per heavy atom. The fourth-order valence-electron chi connectivity index (χ4n) is 3.13. The number of likely N-dealkylation sites (tertiary alicyclic amines) is 1. The zero-order chi connectivity index (χ0) is 19.2. The number of nitrogens with one attached hydrogen (secondary N) is 2. The number of carbonyl (C=O) groups is 1. The first-order chi connectivity index (χ1) is 13.0. The van der Waals surface area contributed by atoms with Crippen LogP contribution in [0.25, 0.3) is 0 Å². The molecule has 1 fully saturated rings. The Bertz CT molecular complexity index is 752. The molecule has 8 heteroatoms. The molecule has 0 radical (unpaired) electrons. The molecule has 3 heterocycles. The predicted octanol–water partition coefficient (Wildman–Crippen LogP) is 2.90. The average molecular weight is 372 g/mol. The second-order valence-electron chi connectivity index (χ2n) is 7.26. The van der Waals surface area contributed by atoms with Crippen molar-refractivity contribution >= 4 is 11.7 Å². The van der Waals surface area contributed by atoms with Crippen LogP contribution in [-0.2, 0) is 0 Å². The van der Waals surface area contributed by atoms with Gasteiger partial charge in [-0.2, -0.15) is 4.98 Å². The molecule has 146 valence electrons. The summed E-state index contributed by atoms with van der Waals surface area (Å²) in [7, 11) is 0. The molecule has 2 aromatic heterocycles. The van der Waals surface area contributed by atoms with Gasteiger partial charge in [0.2, 0.25) is 5.89 Å². The van der Waals surface area contributed by atoms with Crippen LogP contribution in [0.5, 0.6) is 0 Å². The molecule has 1 aliphatic rings. The molecule has 0 saturated carbocycles. The van der Waals surface area contributed by atoms with Crippen molar-refractivity contribution in [3.05, 3.63) is 35.7 Å². The van der Waals surface area contributed by atoms with Crippen LogP contribution < -0.4 is 10.6 Å². The highest BCUT2D eigenvalue weighted by atomic mass is 16.5. The van der Waals surface area contributed by atoms with Crippen LogP contribution in [-0.4, -0.2) is 52.2 Å². The van der Waals surface area contributed by atoms with Gasteiger partial charge in [0.15, 0.2) is 5.82 Å². The number of carbonyl (C=O) groups excluding carboxylic acids is 1. The first-order valence-electron chi connectivity index (χ1n) is 9.55. The van der Waals surface area contributed by atoms with Gasteiger partial charge in [-0.05, 0) is 31.4 Å². The summed E-state index contributed by atoms with van der Waals surface area (Å²) >= 11 is 0. The molecule has 0 aliphatic carbocycles. The number of rotatable bonds is 6. The minimum Gasteiger partial charge on any atom is -0.383 e. The number of hydrogen-bond acceptors (Lipinski definition) is 6. The van der Waals surface area contributed by atoms with Crippen molar-refractivity contribution in [2.45, 2.75) is 45.4 Å². The van der Waals surface area contributed by atoms with Gasteiger partial charge in [-0.1, -0.05) is 19.0 Å². The summed E-state index contributed by atoms with van der Waals surface area (Å²) in [6.45, 7) is 8.75. The van der Waals surface area contributed by atoms with E-state index in [0.717, 1.165) is 29.9 Å². The fourth-order valence-corrected chi connectivity index (χ4v) is 3.13. The lowest BCUT2D eigenvalue weighted by molar-refractivity contribution is 0.175. The third-order valence-corrected chi connectivity index (χ3v) is 4.84. The third-order valence-electron chi connectivity index (χ3n) is 4.84. The van der Waals surface area contributed by atoms with Crippen LogP contribution in [0.1, 0.15) is 55.8 Å². The number of anilines is 1. The lowest BCUT2D eigenvalue weighted by atomic mass is 9.97. The van der Waals surface area contributed by atoms with Gasteiger partial charge in [-0.25, -0.2) is 4.79 Å². The van der Waals surface area contributed by atoms with Crippen LogP contribution in [0.15, 0.2) is 23.0 Å². The zero-order valence-corrected chi connectivity index (χ0v) is 16.2. The number of amides is 2. The normalized spacial score (nSPS) is 15.2. The molecule has 0 bridgehead atoms. The lowest BCUT2D eigenvalue weighted by Crippen LogP contribution is -2.45. The van der Waals surface area contributed by atoms with Gasteiger partial charge >= 0.3 is 6.03 Å². The monoisotopic (exact) mass is 372 g/mol. The maximum Gasteiger partial charge on any atom is 0.317 e. The van der Waals surface area contributed by atoms with Crippen LogP contribution in [0.2, 0.25) is 0 Å². The van der Waals surface area contributed by atoms with E-state index in [2.05, 4.69) is 25.8 Å². The van der Waals surface area contributed by atoms with Crippen LogP contribution in [0.3, 0.4) is 0 Å². The summed E-state index contributed by atoms with van der Waals surface area (Å²) in [6.07, 6.45) is 5.27. The van der Waals surface area contributed by atoms with Crippen molar-refractivity contribution in [2.75, 3.05) is 31.5 Å². The first kappa shape index (κ1) is 19.1. The highest BCUT2D eigenvalue weighted by Crippen LogP contribution is 2.27. The van der Waals surface area contributed by atoms with Crippen LogP contribution in [0.4, 0.5) is 10.5 Å². The number of piperidine rings is 1. The summed E-state index contributed by atoms with van der Waals surface area (Å²) in [5.74, 6) is 1.96. The van der Waals surface area contributed by atoms with Gasteiger partial charge in [0.05, 0.1) is 0 Å². The topological polar surface area (TPSA) is 96.2 Å². The quantitative estimate of drug-likeness (QED) is 0.757. The molecule has 1 aliphatic heterocycles. The molecule has 3 rings (SSSR count). The van der Waals surface area contributed by atoms with Crippen LogP contribution in [0, 0.1) is 6.92 Å². The highest BCUT2D eigenvalue weighted by Gasteiger charge is 2.27. The molecule has 8 nitrogen and oxygen atoms in total. The van der Waals surface area contributed by atoms with E-state index in [0.29, 0.717) is 32.1 Å². The molecule has 0 spiro atoms. The van der Waals surface area contributed by atoms with E-state index in [-0.39, 0.29) is 17.9 Å². The maximum atomic E-state index is 12.3. The van der Waals surface area contributed by atoms with Gasteiger partial charge < -0.3 is 20.1 Å². The SMILES string of the molecule is Cc1cnccc1NCCNC(=O)N1CCC(c2nc(C(C)C)no2)CC1. The maximum absolute atomic E-state index is 12.3. The summed E-state index contributed by atoms with van der Waals surface area (Å²) in [6, 6.07) is 1.92. The van der Waals surface area contributed by atoms with E-state index in [1.165, 1.54) is 0 Å². The molecular formula is C19H28N6O2. The molecule has 1 saturated heterocycles. The second-order valence-corrected chi connectivity index (χ2v) is 7.26. The molecule has 2 N–H and O–H groups in total. The molecular weight excluding hydrogens is 344 g/mol. The molecule has 0 aromatic carbocycles. The van der Waals surface area contributed by atoms with E-state index < -0.39 is 0 Å². The fraction of sp³-hybridized carbons (Fsp3) is 0.579. The molecule has 0 atom stereocenters. The van der Waals surface area contributed by atoms with Crippen LogP contribution >= 0.6 is 0 Å². The Morgan fingerprint density at radius 1 is 1.33 bits per heavy atom. The van der Waals surface area contributed by atoms with Gasteiger partial charge in [0.1, 0.15) is 0 Å². The molecule has 2 aromatic rings. The van der Waals surface area contributed by atoms with Crippen molar-refractivity contribution in [2.24, 2.45) is 0 Å². The Labute approximate surface area is 159 Å². The molecule has 27 heavy (non-hydrogen) atoms. The highest BCUT2D eigenvalue weighted by molar-refractivity contribution is 5.74. The van der Waals surface area contributed by atoms with Crippen molar-refractivity contribution < 1.29 is 9.32 Å². The number of nitrogens with zero attached hydrogens (tertiary/aromatic N) is 4. The molecule has 0 unspecified atom stereocenters. The second kappa shape index (κ2) is 8.83. The largest absolute Gasteiger partial charge is 0.383 e. The average Bonchev–Trinajstić information content (AvgIpc) is 3.17. The van der Waals surface area contributed by atoms with Crippen molar-refractivity contribution in [3.8, 4) is 0 Å². The Morgan fingerprint density at radius 3 is 2.78 bits per heavy atom. The minimum atomic E-state index is -0.0184. The Kier molecular flexibility index (Phi) is 6.26. The Balaban J connectivity index is 1.38. The van der Waals surface area contributed by atoms with Gasteiger partial charge in [-0.15, -0.1) is 0 Å². The van der Waals surface area contributed by atoms with E-state index in [1.807, 2.05) is 37.9 Å². The number of pyridine rings is 1. The van der Waals surface area contributed by atoms with E-state index in [1.54, 1.807) is 6.20 Å². The smallest absolute Gasteiger partial charge is 0.317 e. The third kappa shape index (κ3) is 4.96. The number of urea groups is 1. The first-order valence-corrected chi connectivity index (χ1v) is 9.55. The van der Waals surface area contributed by atoms with Crippen molar-refractivity contribution in [1.82, 2.24) is 25.3 Å². The van der Waals surface area contributed by atoms with Crippen molar-refractivity contribution in [1.29, 1.82) is 0 Å². The van der Waals surface area contributed by atoms with E-state index in [4.69, 9.17) is 4.52 Å². The summed E-state index contributed by atoms with van der Waals surface area (Å²) in [5, 5.41) is 10.3. The number of hydrogen-bond donors (Lipinski definition) is 2. The van der Waals surface area contributed by atoms with Gasteiger partial charge in [0.25, 0.3) is 0 Å². The summed E-state index contributed by atoms with van der Waals surface area (Å²) in [4.78, 5) is 22.8. The standard InChI is InChI=1S/C19H28N6O2/c1-13(2)17-23-18(27-24-17)15-5-10-25(11-6-15)19(26)22-9-8-21-16-4-7-20-12-14(16)3/h4,7,12-13,15H,5-6,8-11H2,1-3H3,(H,20,21)(H,22,26). The summed E-state index contributed by atoms with van der Waals surface area (Å²) in [5.41, 5.74) is 2.13. The van der Waals surface area contributed by atoms with E-state index >= 15 is 0 Å². The van der Waals surface area contributed by atoms with Crippen molar-refractivity contribution in [3.63, 3.8) is 0 Å². The summed E-state index contributed by atoms with van der Waals surface area (Å²) < 4.78 is 5.40. The van der Waals surface area contributed by atoms with E-state index in [9.17, 15) is 4.79 Å². The predicted molar refractivity (Wildman–Crippen MR) is 103 cm³/mol. The van der Waals surface area contributed by atoms with Gasteiger partial charge in [-0.3, -0.25) is 4.98 Å². The Hall–Kier alpha value is -2.64. The van der Waals surface area contributed by atoms with Gasteiger partial charge in [0, 0.05) is 56.1 Å². The zero-order valence-electron chi connectivity index (χ0n) is 16.2. The number of aromatic nitrogens is 3. The lowest BCUT2D eigenvalue weighted by Gasteiger charge is -2.30.